The van der Waals surface area contributed by atoms with Crippen LogP contribution < -0.4 is 24.3 Å². The summed E-state index contributed by atoms with van der Waals surface area (Å²) in [5.74, 6) is 1.60. The molecule has 0 saturated carbocycles. The van der Waals surface area contributed by atoms with Crippen molar-refractivity contribution in [3.05, 3.63) is 85.3 Å². The molecule has 0 spiro atoms. The molecule has 3 rings (SSSR count). The van der Waals surface area contributed by atoms with Crippen LogP contribution in [0.25, 0.3) is 6.08 Å². The minimum Gasteiger partial charge on any atom is -0.497 e. The fourth-order valence-electron chi connectivity index (χ4n) is 3.44. The van der Waals surface area contributed by atoms with Crippen molar-refractivity contribution < 1.29 is 23.7 Å². The predicted octanol–water partition coefficient (Wildman–Crippen LogP) is 6.97. The van der Waals surface area contributed by atoms with Crippen molar-refractivity contribution in [2.75, 3.05) is 20.8 Å². The van der Waals surface area contributed by atoms with Gasteiger partial charge >= 0.3 is 0 Å². The number of hydrogen-bond donors (Lipinski definition) is 1. The van der Waals surface area contributed by atoms with Crippen LogP contribution in [-0.2, 0) is 17.9 Å². The van der Waals surface area contributed by atoms with Crippen molar-refractivity contribution in [2.45, 2.75) is 20.1 Å². The molecule has 1 N–H and O–H groups in total. The topological polar surface area (TPSA) is 89.8 Å². The number of halogens is 3. The molecule has 0 heterocycles. The molecular formula is C28H25BrCl2N2O5. The number of amides is 1. The molecule has 7 nitrogen and oxygen atoms in total. The largest absolute Gasteiger partial charge is 0.497 e. The summed E-state index contributed by atoms with van der Waals surface area (Å²) in [5.41, 5.74) is 2.07. The van der Waals surface area contributed by atoms with Crippen LogP contribution in [0.15, 0.2) is 58.6 Å². The monoisotopic (exact) mass is 618 g/mol. The van der Waals surface area contributed by atoms with E-state index in [9.17, 15) is 10.1 Å². The lowest BCUT2D eigenvalue weighted by molar-refractivity contribution is -0.117. The molecule has 0 saturated heterocycles. The van der Waals surface area contributed by atoms with Crippen molar-refractivity contribution in [1.82, 2.24) is 5.32 Å². The summed E-state index contributed by atoms with van der Waals surface area (Å²) in [7, 11) is 3.09. The highest BCUT2D eigenvalue weighted by Crippen LogP contribution is 2.38. The van der Waals surface area contributed by atoms with Gasteiger partial charge in [-0.05, 0) is 76.5 Å². The van der Waals surface area contributed by atoms with Crippen molar-refractivity contribution in [3.63, 3.8) is 0 Å². The number of rotatable bonds is 11. The number of nitriles is 1. The number of nitrogens with one attached hydrogen (secondary N) is 1. The van der Waals surface area contributed by atoms with Gasteiger partial charge in [-0.25, -0.2) is 0 Å². The molecule has 38 heavy (non-hydrogen) atoms. The summed E-state index contributed by atoms with van der Waals surface area (Å²) in [5, 5.41) is 13.3. The van der Waals surface area contributed by atoms with Crippen LogP contribution in [0.2, 0.25) is 10.0 Å². The minimum atomic E-state index is -0.528. The van der Waals surface area contributed by atoms with Crippen LogP contribution in [0.1, 0.15) is 23.6 Å². The van der Waals surface area contributed by atoms with Gasteiger partial charge in [0.25, 0.3) is 5.91 Å². The molecule has 0 bridgehead atoms. The number of carbonyl (C=O) groups excluding carboxylic acids is 1. The zero-order valence-electron chi connectivity index (χ0n) is 20.9. The van der Waals surface area contributed by atoms with Gasteiger partial charge in [-0.15, -0.1) is 0 Å². The first kappa shape index (κ1) is 29.2. The van der Waals surface area contributed by atoms with Gasteiger partial charge in [0, 0.05) is 18.2 Å². The van der Waals surface area contributed by atoms with Crippen molar-refractivity contribution in [3.8, 4) is 29.1 Å². The van der Waals surface area contributed by atoms with Crippen molar-refractivity contribution >= 4 is 51.1 Å². The molecule has 3 aromatic rings. The SMILES string of the molecule is CCOc1cc(/C=C(\C#N)C(=O)NCc2ccc(OC)cc2OC)cc(Br)c1OCc1ccc(Cl)c(Cl)c1. The molecule has 198 valence electrons. The maximum Gasteiger partial charge on any atom is 0.262 e. The fourth-order valence-corrected chi connectivity index (χ4v) is 4.34. The third-order valence-electron chi connectivity index (χ3n) is 5.31. The highest BCUT2D eigenvalue weighted by Gasteiger charge is 2.15. The van der Waals surface area contributed by atoms with E-state index in [-0.39, 0.29) is 18.7 Å². The molecular weight excluding hydrogens is 595 g/mol. The molecule has 0 aliphatic rings. The number of nitrogens with zero attached hydrogens (tertiary/aromatic N) is 1. The van der Waals surface area contributed by atoms with E-state index >= 15 is 0 Å². The minimum absolute atomic E-state index is 0.0729. The number of hydrogen-bond acceptors (Lipinski definition) is 6. The zero-order chi connectivity index (χ0) is 27.7. The first-order chi connectivity index (χ1) is 18.3. The smallest absolute Gasteiger partial charge is 0.262 e. The molecule has 0 radical (unpaired) electrons. The Morgan fingerprint density at radius 2 is 1.82 bits per heavy atom. The Bertz CT molecular complexity index is 1390. The summed E-state index contributed by atoms with van der Waals surface area (Å²) in [6.45, 7) is 2.63. The summed E-state index contributed by atoms with van der Waals surface area (Å²) < 4.78 is 22.9. The second-order valence-corrected chi connectivity index (χ2v) is 9.50. The van der Waals surface area contributed by atoms with E-state index in [1.807, 2.05) is 19.1 Å². The standard InChI is InChI=1S/C28H25BrCl2N2O5/c1-4-37-26-12-18(10-22(29)27(26)38-16-17-5-8-23(30)24(31)11-17)9-20(14-32)28(34)33-15-19-6-7-21(35-2)13-25(19)36-3/h5-13H,4,15-16H2,1-3H3,(H,33,34)/b20-9+. The third-order valence-corrected chi connectivity index (χ3v) is 6.64. The Balaban J connectivity index is 1.79. The van der Waals surface area contributed by atoms with Crippen LogP contribution in [0.5, 0.6) is 23.0 Å². The van der Waals surface area contributed by atoms with Gasteiger partial charge in [-0.3, -0.25) is 4.79 Å². The molecule has 0 fully saturated rings. The normalized spacial score (nSPS) is 10.9. The second-order valence-electron chi connectivity index (χ2n) is 7.83. The third kappa shape index (κ3) is 7.57. The molecule has 0 unspecified atom stereocenters. The number of methoxy groups -OCH3 is 2. The van der Waals surface area contributed by atoms with Crippen LogP contribution in [-0.4, -0.2) is 26.7 Å². The van der Waals surface area contributed by atoms with Crippen LogP contribution in [0.4, 0.5) is 0 Å². The van der Waals surface area contributed by atoms with E-state index in [0.29, 0.717) is 49.7 Å². The van der Waals surface area contributed by atoms with E-state index in [0.717, 1.165) is 11.1 Å². The van der Waals surface area contributed by atoms with Crippen LogP contribution in [0, 0.1) is 11.3 Å². The average Bonchev–Trinajstić information content (AvgIpc) is 2.91. The van der Waals surface area contributed by atoms with Gasteiger partial charge in [-0.1, -0.05) is 29.3 Å². The lowest BCUT2D eigenvalue weighted by Crippen LogP contribution is -2.24. The fraction of sp³-hybridized carbons (Fsp3) is 0.214. The van der Waals surface area contributed by atoms with E-state index in [1.54, 1.807) is 49.6 Å². The van der Waals surface area contributed by atoms with Crippen molar-refractivity contribution in [2.24, 2.45) is 0 Å². The molecule has 0 aliphatic heterocycles. The molecule has 0 aliphatic carbocycles. The quantitative estimate of drug-likeness (QED) is 0.184. The maximum atomic E-state index is 12.8. The summed E-state index contributed by atoms with van der Waals surface area (Å²) in [6.07, 6.45) is 1.48. The van der Waals surface area contributed by atoms with Crippen LogP contribution >= 0.6 is 39.1 Å². The maximum absolute atomic E-state index is 12.8. The Kier molecular flexibility index (Phi) is 10.7. The van der Waals surface area contributed by atoms with E-state index in [1.165, 1.54) is 13.2 Å². The van der Waals surface area contributed by atoms with E-state index in [4.69, 9.17) is 42.1 Å². The summed E-state index contributed by atoms with van der Waals surface area (Å²) in [4.78, 5) is 12.8. The molecule has 10 heteroatoms. The lowest BCUT2D eigenvalue weighted by Gasteiger charge is -2.15. The van der Waals surface area contributed by atoms with E-state index < -0.39 is 5.91 Å². The molecule has 0 aromatic heterocycles. The molecule has 1 amide bonds. The van der Waals surface area contributed by atoms with Gasteiger partial charge in [0.1, 0.15) is 29.7 Å². The summed E-state index contributed by atoms with van der Waals surface area (Å²) in [6, 6.07) is 15.9. The Morgan fingerprint density at radius 1 is 1.03 bits per heavy atom. The van der Waals surface area contributed by atoms with Gasteiger partial charge in [0.05, 0.1) is 35.3 Å². The first-order valence-electron chi connectivity index (χ1n) is 11.4. The van der Waals surface area contributed by atoms with Gasteiger partial charge < -0.3 is 24.3 Å². The lowest BCUT2D eigenvalue weighted by atomic mass is 10.1. The molecule has 0 atom stereocenters. The predicted molar refractivity (Wildman–Crippen MR) is 151 cm³/mol. The average molecular weight is 620 g/mol. The Labute approximate surface area is 240 Å². The first-order valence-corrected chi connectivity index (χ1v) is 13.0. The zero-order valence-corrected chi connectivity index (χ0v) is 24.0. The number of carbonyl (C=O) groups is 1. The van der Waals surface area contributed by atoms with Crippen LogP contribution in [0.3, 0.4) is 0 Å². The Hall–Kier alpha value is -3.38. The summed E-state index contributed by atoms with van der Waals surface area (Å²) >= 11 is 15.6. The van der Waals surface area contributed by atoms with Crippen molar-refractivity contribution in [1.29, 1.82) is 5.26 Å². The van der Waals surface area contributed by atoms with Gasteiger partial charge in [0.2, 0.25) is 0 Å². The highest BCUT2D eigenvalue weighted by molar-refractivity contribution is 9.10. The highest BCUT2D eigenvalue weighted by atomic mass is 79.9. The van der Waals surface area contributed by atoms with Gasteiger partial charge in [0.15, 0.2) is 11.5 Å². The Morgan fingerprint density at radius 3 is 2.47 bits per heavy atom. The molecule has 3 aromatic carbocycles. The number of ether oxygens (including phenoxy) is 4. The van der Waals surface area contributed by atoms with E-state index in [2.05, 4.69) is 21.2 Å². The number of benzene rings is 3. The van der Waals surface area contributed by atoms with Gasteiger partial charge in [-0.2, -0.15) is 5.26 Å². The second kappa shape index (κ2) is 14.0.